The predicted octanol–water partition coefficient (Wildman–Crippen LogP) is 6.86. The number of carbonyl (C=O) groups is 1. The molecule has 1 amide bonds. The first-order valence-electron chi connectivity index (χ1n) is 18.1. The van der Waals surface area contributed by atoms with Gasteiger partial charge in [-0.15, -0.1) is 0 Å². The van der Waals surface area contributed by atoms with E-state index in [1.54, 1.807) is 6.07 Å². The van der Waals surface area contributed by atoms with Gasteiger partial charge >= 0.3 is 6.09 Å². The molecule has 1 saturated carbocycles. The Morgan fingerprint density at radius 3 is 2.60 bits per heavy atom. The Labute approximate surface area is 303 Å². The molecule has 1 saturated heterocycles. The fraction of sp³-hybridized carbons (Fsp3) is 0.366. The zero-order valence-electron chi connectivity index (χ0n) is 29.8. The maximum atomic E-state index is 15.6. The Morgan fingerprint density at radius 1 is 0.981 bits per heavy atom. The molecule has 1 aliphatic heterocycles. The maximum Gasteiger partial charge on any atom is 0.407 e. The smallest absolute Gasteiger partial charge is 0.407 e. The van der Waals surface area contributed by atoms with Crippen LogP contribution in [0.15, 0.2) is 90.1 Å². The van der Waals surface area contributed by atoms with Gasteiger partial charge in [0.1, 0.15) is 13.2 Å². The standard InChI is InChI=1S/C41H45FN6O4/c1-28-10-11-34(22-45-28)46-17-6-9-35(26-46)47(23-31-14-15-43-29(2)19-31)24-32-25-48(33-12-13-33)38-21-39(37(42)20-36(38)40(32)49)51-18-16-44-41(50)52-27-30-7-4-3-5-8-30/h3-5,7-8,10-11,14-15,19-22,25,33,35H,6,9,12-13,16-18,23-24,26-27H2,1-2H3,(H,44,50)/t35-/m0/s1. The van der Waals surface area contributed by atoms with Gasteiger partial charge in [-0.05, 0) is 81.0 Å². The van der Waals surface area contributed by atoms with Gasteiger partial charge in [-0.25, -0.2) is 9.18 Å². The predicted molar refractivity (Wildman–Crippen MR) is 199 cm³/mol. The van der Waals surface area contributed by atoms with Crippen LogP contribution >= 0.6 is 0 Å². The molecule has 10 nitrogen and oxygen atoms in total. The van der Waals surface area contributed by atoms with Crippen molar-refractivity contribution >= 4 is 22.7 Å². The Morgan fingerprint density at radius 2 is 1.83 bits per heavy atom. The number of benzene rings is 2. The van der Waals surface area contributed by atoms with Crippen LogP contribution in [0.4, 0.5) is 14.9 Å². The van der Waals surface area contributed by atoms with E-state index in [1.165, 1.54) is 6.07 Å². The normalized spacial score (nSPS) is 15.9. The summed E-state index contributed by atoms with van der Waals surface area (Å²) in [6.07, 6.45) is 9.17. The fourth-order valence-electron chi connectivity index (χ4n) is 6.98. The number of alkyl carbamates (subject to hydrolysis) is 1. The highest BCUT2D eigenvalue weighted by Crippen LogP contribution is 2.38. The summed E-state index contributed by atoms with van der Waals surface area (Å²) in [5, 5.41) is 2.98. The van der Waals surface area contributed by atoms with Gasteiger partial charge in [0.2, 0.25) is 0 Å². The van der Waals surface area contributed by atoms with Crippen LogP contribution in [0.1, 0.15) is 59.8 Å². The van der Waals surface area contributed by atoms with E-state index in [0.29, 0.717) is 29.6 Å². The van der Waals surface area contributed by atoms with E-state index < -0.39 is 11.9 Å². The number of aryl methyl sites for hydroxylation is 2. The third kappa shape index (κ3) is 8.59. The minimum absolute atomic E-state index is 0.0368. The second-order valence-electron chi connectivity index (χ2n) is 13.9. The molecule has 1 N–H and O–H groups in total. The van der Waals surface area contributed by atoms with Crippen LogP contribution < -0.4 is 20.4 Å². The zero-order valence-corrected chi connectivity index (χ0v) is 29.8. The minimum atomic E-state index is -0.616. The van der Waals surface area contributed by atoms with Crippen molar-refractivity contribution in [3.05, 3.63) is 129 Å². The van der Waals surface area contributed by atoms with E-state index in [4.69, 9.17) is 9.47 Å². The first-order valence-corrected chi connectivity index (χ1v) is 18.1. The molecule has 52 heavy (non-hydrogen) atoms. The summed E-state index contributed by atoms with van der Waals surface area (Å²) in [6.45, 7) is 7.15. The Balaban J connectivity index is 1.10. The van der Waals surface area contributed by atoms with E-state index in [9.17, 15) is 9.59 Å². The summed E-state index contributed by atoms with van der Waals surface area (Å²) in [6, 6.07) is 21.0. The molecule has 1 atom stereocenters. The molecule has 0 unspecified atom stereocenters. The second kappa shape index (κ2) is 15.9. The minimum Gasteiger partial charge on any atom is -0.489 e. The van der Waals surface area contributed by atoms with Crippen LogP contribution in [0.25, 0.3) is 10.9 Å². The molecule has 2 aliphatic rings. The number of aromatic nitrogens is 3. The van der Waals surface area contributed by atoms with Crippen molar-refractivity contribution in [2.75, 3.05) is 31.1 Å². The number of hydrogen-bond acceptors (Lipinski definition) is 8. The van der Waals surface area contributed by atoms with Crippen molar-refractivity contribution in [1.82, 2.24) is 24.8 Å². The van der Waals surface area contributed by atoms with E-state index >= 15 is 4.39 Å². The zero-order chi connectivity index (χ0) is 36.0. The number of carbonyl (C=O) groups excluding carboxylic acids is 1. The first-order chi connectivity index (χ1) is 25.3. The molecule has 11 heteroatoms. The summed E-state index contributed by atoms with van der Waals surface area (Å²) in [5.74, 6) is -0.578. The number of anilines is 1. The average molecular weight is 705 g/mol. The molecule has 0 spiro atoms. The van der Waals surface area contributed by atoms with Crippen LogP contribution in [-0.2, 0) is 24.4 Å². The Bertz CT molecular complexity index is 2070. The van der Waals surface area contributed by atoms with Crippen LogP contribution in [-0.4, -0.2) is 57.8 Å². The monoisotopic (exact) mass is 704 g/mol. The molecule has 270 valence electrons. The highest BCUT2D eigenvalue weighted by atomic mass is 19.1. The largest absolute Gasteiger partial charge is 0.489 e. The fourth-order valence-corrected chi connectivity index (χ4v) is 6.98. The SMILES string of the molecule is Cc1ccc(N2CCC[C@H](N(Cc3ccnc(C)c3)Cc3cn(C4CC4)c4cc(OCCNC(=O)OCc5ccccc5)c(F)cc4c3=O)C2)cn1. The van der Waals surface area contributed by atoms with Crippen molar-refractivity contribution in [2.45, 2.75) is 71.3 Å². The van der Waals surface area contributed by atoms with Crippen molar-refractivity contribution in [1.29, 1.82) is 0 Å². The molecule has 7 rings (SSSR count). The van der Waals surface area contributed by atoms with Crippen LogP contribution in [0, 0.1) is 19.7 Å². The summed E-state index contributed by atoms with van der Waals surface area (Å²) < 4.78 is 28.7. The summed E-state index contributed by atoms with van der Waals surface area (Å²) in [7, 11) is 0. The van der Waals surface area contributed by atoms with Gasteiger partial charge in [0.05, 0.1) is 23.9 Å². The molecule has 0 radical (unpaired) electrons. The highest BCUT2D eigenvalue weighted by Gasteiger charge is 2.30. The molecule has 2 aromatic carbocycles. The number of pyridine rings is 3. The van der Waals surface area contributed by atoms with Crippen LogP contribution in [0.5, 0.6) is 5.75 Å². The number of fused-ring (bicyclic) bond motifs is 1. The lowest BCUT2D eigenvalue weighted by Crippen LogP contribution is -2.48. The van der Waals surface area contributed by atoms with Crippen LogP contribution in [0.2, 0.25) is 0 Å². The number of piperidine rings is 1. The number of nitrogens with zero attached hydrogens (tertiary/aromatic N) is 5. The first kappa shape index (κ1) is 35.1. The lowest BCUT2D eigenvalue weighted by Gasteiger charge is -2.40. The van der Waals surface area contributed by atoms with E-state index in [0.717, 1.165) is 67.0 Å². The molecule has 0 bridgehead atoms. The van der Waals surface area contributed by atoms with Gasteiger partial charge in [0.15, 0.2) is 17.0 Å². The number of amides is 1. The van der Waals surface area contributed by atoms with E-state index in [-0.39, 0.29) is 43.0 Å². The molecule has 1 aliphatic carbocycles. The van der Waals surface area contributed by atoms with Gasteiger partial charge in [0.25, 0.3) is 0 Å². The van der Waals surface area contributed by atoms with Gasteiger partial charge in [-0.2, -0.15) is 0 Å². The van der Waals surface area contributed by atoms with E-state index in [1.807, 2.05) is 74.9 Å². The Hall–Kier alpha value is -5.29. The quantitative estimate of drug-likeness (QED) is 0.133. The van der Waals surface area contributed by atoms with Crippen molar-refractivity contribution in [2.24, 2.45) is 0 Å². The third-order valence-corrected chi connectivity index (χ3v) is 9.84. The maximum absolute atomic E-state index is 15.6. The number of rotatable bonds is 13. The van der Waals surface area contributed by atoms with Gasteiger partial charge in [-0.1, -0.05) is 30.3 Å². The number of nitrogens with one attached hydrogen (secondary N) is 1. The number of halogens is 1. The molecular weight excluding hydrogens is 659 g/mol. The van der Waals surface area contributed by atoms with Crippen molar-refractivity contribution in [3.8, 4) is 5.75 Å². The molecule has 2 fully saturated rings. The van der Waals surface area contributed by atoms with Gasteiger partial charge in [-0.3, -0.25) is 19.7 Å². The average Bonchev–Trinajstić information content (AvgIpc) is 4.00. The summed E-state index contributed by atoms with van der Waals surface area (Å²) in [5.41, 5.74) is 6.17. The lowest BCUT2D eigenvalue weighted by molar-refractivity contribution is 0.137. The molecule has 5 aromatic rings. The summed E-state index contributed by atoms with van der Waals surface area (Å²) in [4.78, 5) is 40.0. The Kier molecular flexibility index (Phi) is 10.8. The topological polar surface area (TPSA) is 102 Å². The highest BCUT2D eigenvalue weighted by molar-refractivity contribution is 5.81. The molecule has 4 heterocycles. The summed E-state index contributed by atoms with van der Waals surface area (Å²) >= 11 is 0. The van der Waals surface area contributed by atoms with Gasteiger partial charge in [0, 0.05) is 79.1 Å². The third-order valence-electron chi connectivity index (χ3n) is 9.84. The number of ether oxygens (including phenoxy) is 2. The molecule has 3 aromatic heterocycles. The van der Waals surface area contributed by atoms with Crippen molar-refractivity contribution < 1.29 is 18.7 Å². The van der Waals surface area contributed by atoms with Gasteiger partial charge < -0.3 is 24.3 Å². The lowest BCUT2D eigenvalue weighted by atomic mass is 10.0. The van der Waals surface area contributed by atoms with E-state index in [2.05, 4.69) is 41.8 Å². The van der Waals surface area contributed by atoms with Crippen LogP contribution in [0.3, 0.4) is 0 Å². The second-order valence-corrected chi connectivity index (χ2v) is 13.9. The molecular formula is C41H45FN6O4. The van der Waals surface area contributed by atoms with Crippen molar-refractivity contribution in [3.63, 3.8) is 0 Å². The number of hydrogen-bond donors (Lipinski definition) is 1.